The summed E-state index contributed by atoms with van der Waals surface area (Å²) in [6.07, 6.45) is 6.17. The van der Waals surface area contributed by atoms with Crippen molar-refractivity contribution in [1.29, 1.82) is 0 Å². The van der Waals surface area contributed by atoms with Crippen LogP contribution in [0.1, 0.15) is 23.7 Å². The number of hydrogen-bond donors (Lipinski definition) is 5. The average Bonchev–Trinajstić information content (AvgIpc) is 3.44. The number of nitrogens with one attached hydrogen (secondary N) is 3. The molecule has 5 N–H and O–H groups in total. The summed E-state index contributed by atoms with van der Waals surface area (Å²) < 4.78 is 0. The molecule has 3 aromatic rings. The largest absolute Gasteiger partial charge is 0.481 e. The van der Waals surface area contributed by atoms with Crippen molar-refractivity contribution in [2.75, 3.05) is 5.75 Å². The summed E-state index contributed by atoms with van der Waals surface area (Å²) in [7, 11) is 0. The molecular weight excluding hydrogens is 392 g/mol. The van der Waals surface area contributed by atoms with Crippen LogP contribution >= 0.6 is 11.8 Å². The lowest BCUT2D eigenvalue weighted by atomic mass is 9.87. The molecule has 1 aliphatic rings. The summed E-state index contributed by atoms with van der Waals surface area (Å²) >= 11 is 1.04. The molecule has 2 aromatic heterocycles. The van der Waals surface area contributed by atoms with Gasteiger partial charge in [0, 0.05) is 23.4 Å². The van der Waals surface area contributed by atoms with Gasteiger partial charge >= 0.3 is 5.97 Å². The minimum Gasteiger partial charge on any atom is -0.481 e. The van der Waals surface area contributed by atoms with E-state index in [1.54, 1.807) is 12.3 Å². The molecule has 1 aliphatic carbocycles. The molecule has 2 heterocycles. The molecule has 148 valence electrons. The fraction of sp³-hybridized carbons (Fsp3) is 0.158. The van der Waals surface area contributed by atoms with Crippen LogP contribution in [0.3, 0.4) is 0 Å². The van der Waals surface area contributed by atoms with Crippen molar-refractivity contribution in [3.8, 4) is 11.3 Å². The van der Waals surface area contributed by atoms with E-state index in [-0.39, 0.29) is 11.7 Å². The fourth-order valence-electron chi connectivity index (χ4n) is 3.14. The number of aromatic nitrogens is 5. The van der Waals surface area contributed by atoms with E-state index >= 15 is 0 Å². The lowest BCUT2D eigenvalue weighted by molar-refractivity contribution is -0.133. The van der Waals surface area contributed by atoms with Gasteiger partial charge in [0.25, 0.3) is 0 Å². The highest BCUT2D eigenvalue weighted by Gasteiger charge is 2.20. The van der Waals surface area contributed by atoms with Crippen molar-refractivity contribution in [3.05, 3.63) is 65.8 Å². The Morgan fingerprint density at radius 2 is 2.07 bits per heavy atom. The zero-order chi connectivity index (χ0) is 20.2. The number of hydrogen-bond acceptors (Lipinski definition) is 7. The lowest BCUT2D eigenvalue weighted by Crippen LogP contribution is -2.14. The molecule has 0 spiro atoms. The molecule has 29 heavy (non-hydrogen) atoms. The lowest BCUT2D eigenvalue weighted by Gasteiger charge is -2.21. The van der Waals surface area contributed by atoms with Crippen LogP contribution in [0.5, 0.6) is 0 Å². The zero-order valence-corrected chi connectivity index (χ0v) is 16.0. The van der Waals surface area contributed by atoms with Gasteiger partial charge in [-0.15, -0.1) is 5.10 Å². The molecule has 10 heteroatoms. The summed E-state index contributed by atoms with van der Waals surface area (Å²) in [5.41, 5.74) is 6.74. The second kappa shape index (κ2) is 8.33. The topological polar surface area (TPSA) is 140 Å². The number of nitrogens with zero attached hydrogens (tertiary/aromatic N) is 3. The van der Waals surface area contributed by atoms with Crippen LogP contribution in [0.2, 0.25) is 0 Å². The predicted molar refractivity (Wildman–Crippen MR) is 107 cm³/mol. The Morgan fingerprint density at radius 1 is 1.24 bits per heavy atom. The van der Waals surface area contributed by atoms with E-state index in [0.717, 1.165) is 34.2 Å². The van der Waals surface area contributed by atoms with Crippen molar-refractivity contribution in [2.45, 2.75) is 17.5 Å². The first-order valence-electron chi connectivity index (χ1n) is 8.82. The zero-order valence-electron chi connectivity index (χ0n) is 15.2. The molecule has 0 aliphatic heterocycles. The van der Waals surface area contributed by atoms with E-state index in [4.69, 9.17) is 5.11 Å². The average molecular weight is 410 g/mol. The smallest absolute Gasteiger partial charge is 0.313 e. The molecule has 0 saturated heterocycles. The highest BCUT2D eigenvalue weighted by atomic mass is 32.2. The maximum Gasteiger partial charge on any atom is 0.313 e. The molecule has 9 nitrogen and oxygen atoms in total. The van der Waals surface area contributed by atoms with Crippen LogP contribution in [0, 0.1) is 0 Å². The van der Waals surface area contributed by atoms with Crippen molar-refractivity contribution in [1.82, 2.24) is 30.9 Å². The van der Waals surface area contributed by atoms with Crippen molar-refractivity contribution >= 4 is 23.3 Å². The summed E-state index contributed by atoms with van der Waals surface area (Å²) in [5, 5.41) is 32.4. The molecule has 0 saturated carbocycles. The van der Waals surface area contributed by atoms with Gasteiger partial charge in [0.1, 0.15) is 0 Å². The molecule has 0 fully saturated rings. The number of carboxylic acids is 1. The number of H-pyrrole nitrogens is 2. The monoisotopic (exact) mass is 410 g/mol. The summed E-state index contributed by atoms with van der Waals surface area (Å²) in [4.78, 5) is 15.1. The van der Waals surface area contributed by atoms with E-state index in [9.17, 15) is 10.0 Å². The second-order valence-electron chi connectivity index (χ2n) is 6.46. The molecule has 0 radical (unpaired) electrons. The number of carbonyl (C=O) groups is 1. The Kier molecular flexibility index (Phi) is 5.45. The van der Waals surface area contributed by atoms with Gasteiger partial charge in [-0.25, -0.2) is 4.98 Å². The van der Waals surface area contributed by atoms with Crippen molar-refractivity contribution in [3.63, 3.8) is 0 Å². The Labute approximate surface area is 169 Å². The quantitative estimate of drug-likeness (QED) is 0.296. The number of allylic oxidation sites excluding steroid dienone is 4. The van der Waals surface area contributed by atoms with Crippen LogP contribution in [0.25, 0.3) is 16.8 Å². The number of carboxylic acid groups (broad SMARTS) is 1. The van der Waals surface area contributed by atoms with Gasteiger partial charge in [0.05, 0.1) is 11.4 Å². The fourth-order valence-corrected chi connectivity index (χ4v) is 3.66. The highest BCUT2D eigenvalue weighted by Crippen LogP contribution is 2.34. The SMILES string of the molecule is O=C(O)CSc1n[nH]c(C2=CC(c3ccc(-c4ccn[nH]4)cc3)CC(NO)=C2)n1. The molecule has 1 unspecified atom stereocenters. The van der Waals surface area contributed by atoms with E-state index in [2.05, 4.69) is 36.9 Å². The van der Waals surface area contributed by atoms with Crippen LogP contribution < -0.4 is 5.48 Å². The third-order valence-corrected chi connectivity index (χ3v) is 5.34. The molecule has 1 atom stereocenters. The van der Waals surface area contributed by atoms with Crippen LogP contribution in [0.4, 0.5) is 0 Å². The Hall–Kier alpha value is -3.37. The van der Waals surface area contributed by atoms with Gasteiger partial charge in [-0.1, -0.05) is 42.1 Å². The minimum atomic E-state index is -0.927. The second-order valence-corrected chi connectivity index (χ2v) is 7.40. The van der Waals surface area contributed by atoms with Crippen molar-refractivity contribution in [2.24, 2.45) is 0 Å². The minimum absolute atomic E-state index is 0.0284. The summed E-state index contributed by atoms with van der Waals surface area (Å²) in [6, 6.07) is 10.0. The van der Waals surface area contributed by atoms with Crippen molar-refractivity contribution < 1.29 is 15.1 Å². The number of aliphatic carboxylic acids is 1. The first-order chi connectivity index (χ1) is 14.1. The van der Waals surface area contributed by atoms with Gasteiger partial charge in [0.2, 0.25) is 5.16 Å². The first-order valence-corrected chi connectivity index (χ1v) is 9.80. The van der Waals surface area contributed by atoms with E-state index in [1.165, 1.54) is 0 Å². The molecule has 1 aromatic carbocycles. The maximum atomic E-state index is 10.7. The van der Waals surface area contributed by atoms with Gasteiger partial charge < -0.3 is 5.11 Å². The van der Waals surface area contributed by atoms with Gasteiger partial charge in [-0.2, -0.15) is 5.10 Å². The van der Waals surface area contributed by atoms with Gasteiger partial charge in [-0.3, -0.25) is 25.7 Å². The number of benzene rings is 1. The number of aromatic amines is 2. The van der Waals surface area contributed by atoms with E-state index < -0.39 is 5.97 Å². The Bertz CT molecular complexity index is 1060. The predicted octanol–water partition coefficient (Wildman–Crippen LogP) is 2.81. The van der Waals surface area contributed by atoms with E-state index in [0.29, 0.717) is 23.1 Å². The summed E-state index contributed by atoms with van der Waals surface area (Å²) in [6.45, 7) is 0. The van der Waals surface area contributed by atoms with Crippen LogP contribution in [-0.4, -0.2) is 47.4 Å². The molecule has 0 amide bonds. The third kappa shape index (κ3) is 4.39. The highest BCUT2D eigenvalue weighted by molar-refractivity contribution is 7.99. The number of rotatable bonds is 7. The van der Waals surface area contributed by atoms with Gasteiger partial charge in [0.15, 0.2) is 5.82 Å². The summed E-state index contributed by atoms with van der Waals surface area (Å²) in [5.74, 6) is -0.491. The van der Waals surface area contributed by atoms with E-state index in [1.807, 2.05) is 30.3 Å². The standard InChI is InChI=1S/C19H18N6O3S/c26-17(27)10-29-19-21-18(23-24-19)14-7-13(8-15(9-14)25-28)11-1-3-12(4-2-11)16-5-6-20-22-16/h1-7,9,13,25,28H,8,10H2,(H,20,22)(H,26,27)(H,21,23,24). The molecule has 0 bridgehead atoms. The van der Waals surface area contributed by atoms with Gasteiger partial charge in [-0.05, 0) is 29.7 Å². The number of thioether (sulfide) groups is 1. The van der Waals surface area contributed by atoms with Crippen LogP contribution in [0.15, 0.2) is 59.5 Å². The molecule has 4 rings (SSSR count). The number of hydroxylamine groups is 1. The normalized spacial score (nSPS) is 16.2. The van der Waals surface area contributed by atoms with Crippen LogP contribution in [-0.2, 0) is 4.79 Å². The Balaban J connectivity index is 1.57. The maximum absolute atomic E-state index is 10.7. The third-order valence-electron chi connectivity index (χ3n) is 4.51. The Morgan fingerprint density at radius 3 is 2.76 bits per heavy atom. The first kappa shape index (κ1) is 19.0. The molecular formula is C19H18N6O3S.